The summed E-state index contributed by atoms with van der Waals surface area (Å²) in [6.07, 6.45) is -2.44. The molecule has 0 aliphatic heterocycles. The molecule has 0 bridgehead atoms. The summed E-state index contributed by atoms with van der Waals surface area (Å²) in [7, 11) is 1.28. The summed E-state index contributed by atoms with van der Waals surface area (Å²) in [6.45, 7) is 11.7. The van der Waals surface area contributed by atoms with Gasteiger partial charge < -0.3 is 18.9 Å². The first kappa shape index (κ1) is 24.3. The maximum atomic E-state index is 12.6. The number of benzene rings is 1. The molecule has 8 nitrogen and oxygen atoms in total. The van der Waals surface area contributed by atoms with Gasteiger partial charge in [0.1, 0.15) is 17.0 Å². The first-order valence-corrected chi connectivity index (χ1v) is 9.29. The third-order valence-corrected chi connectivity index (χ3v) is 3.31. The van der Waals surface area contributed by atoms with Gasteiger partial charge in [0.25, 0.3) is 0 Å². The molecule has 0 aliphatic carbocycles. The standard InChI is InChI=1S/C21H31NO7/c1-14(17(23)26-8)27-16-11-9-10-15(12-16)13-22(18(24)28-20(2,3)4)19(25)29-21(5,6)7/h9-12,14H,13H2,1-8H3/t14-/m1/s1. The van der Waals surface area contributed by atoms with Gasteiger partial charge in [-0.05, 0) is 66.2 Å². The maximum Gasteiger partial charge on any atom is 0.420 e. The van der Waals surface area contributed by atoms with E-state index in [1.807, 2.05) is 0 Å². The highest BCUT2D eigenvalue weighted by Gasteiger charge is 2.31. The zero-order chi connectivity index (χ0) is 22.4. The van der Waals surface area contributed by atoms with Crippen molar-refractivity contribution in [3.8, 4) is 5.75 Å². The minimum Gasteiger partial charge on any atom is -0.479 e. The Morgan fingerprint density at radius 2 is 1.48 bits per heavy atom. The summed E-state index contributed by atoms with van der Waals surface area (Å²) in [6, 6.07) is 6.70. The van der Waals surface area contributed by atoms with E-state index >= 15 is 0 Å². The van der Waals surface area contributed by atoms with Crippen LogP contribution in [-0.2, 0) is 25.5 Å². The normalized spacial score (nSPS) is 12.6. The molecule has 0 aliphatic rings. The molecule has 162 valence electrons. The Balaban J connectivity index is 3.06. The topological polar surface area (TPSA) is 91.4 Å². The number of ether oxygens (including phenoxy) is 4. The summed E-state index contributed by atoms with van der Waals surface area (Å²) in [4.78, 5) is 37.6. The van der Waals surface area contributed by atoms with Crippen LogP contribution in [0.3, 0.4) is 0 Å². The van der Waals surface area contributed by atoms with E-state index in [1.54, 1.807) is 72.7 Å². The number of carbonyl (C=O) groups is 3. The van der Waals surface area contributed by atoms with Crippen LogP contribution in [0.25, 0.3) is 0 Å². The van der Waals surface area contributed by atoms with Gasteiger partial charge in [0.15, 0.2) is 6.10 Å². The largest absolute Gasteiger partial charge is 0.479 e. The minimum absolute atomic E-state index is 0.0897. The number of hydrogen-bond acceptors (Lipinski definition) is 7. The number of carbonyl (C=O) groups excluding carboxylic acids is 3. The van der Waals surface area contributed by atoms with Crippen LogP contribution in [0.15, 0.2) is 24.3 Å². The van der Waals surface area contributed by atoms with Gasteiger partial charge in [-0.1, -0.05) is 12.1 Å². The second kappa shape index (κ2) is 9.62. The minimum atomic E-state index is -0.819. The lowest BCUT2D eigenvalue weighted by Crippen LogP contribution is -2.43. The van der Waals surface area contributed by atoms with Crippen molar-refractivity contribution < 1.29 is 33.3 Å². The highest BCUT2D eigenvalue weighted by molar-refractivity contribution is 5.88. The molecule has 29 heavy (non-hydrogen) atoms. The Kier molecular flexibility index (Phi) is 8.05. The van der Waals surface area contributed by atoms with Crippen LogP contribution in [-0.4, -0.2) is 47.5 Å². The SMILES string of the molecule is COC(=O)[C@@H](C)Oc1cccc(CN(C(=O)OC(C)(C)C)C(=O)OC(C)(C)C)c1. The molecule has 0 spiro atoms. The fraction of sp³-hybridized carbons (Fsp3) is 0.571. The number of methoxy groups -OCH3 is 1. The Bertz CT molecular complexity index is 703. The maximum absolute atomic E-state index is 12.6. The molecule has 0 heterocycles. The van der Waals surface area contributed by atoms with E-state index in [2.05, 4.69) is 4.74 Å². The predicted molar refractivity (Wildman–Crippen MR) is 107 cm³/mol. The smallest absolute Gasteiger partial charge is 0.420 e. The van der Waals surface area contributed by atoms with E-state index in [1.165, 1.54) is 7.11 Å². The summed E-state index contributed by atoms with van der Waals surface area (Å²) in [5, 5.41) is 0. The van der Waals surface area contributed by atoms with Crippen molar-refractivity contribution in [1.29, 1.82) is 0 Å². The molecular formula is C21H31NO7. The quantitative estimate of drug-likeness (QED) is 0.529. The second-order valence-corrected chi connectivity index (χ2v) is 8.48. The molecule has 1 atom stereocenters. The zero-order valence-corrected chi connectivity index (χ0v) is 18.4. The lowest BCUT2D eigenvalue weighted by Gasteiger charge is -2.28. The summed E-state index contributed by atoms with van der Waals surface area (Å²) in [5.74, 6) is -0.117. The van der Waals surface area contributed by atoms with Crippen molar-refractivity contribution in [3.63, 3.8) is 0 Å². The van der Waals surface area contributed by atoms with Crippen molar-refractivity contribution in [2.45, 2.75) is 72.3 Å². The number of hydrogen-bond donors (Lipinski definition) is 0. The number of nitrogens with zero attached hydrogens (tertiary/aromatic N) is 1. The number of rotatable bonds is 5. The highest BCUT2D eigenvalue weighted by Crippen LogP contribution is 2.20. The molecule has 0 saturated heterocycles. The lowest BCUT2D eigenvalue weighted by atomic mass is 10.2. The Hall–Kier alpha value is -2.77. The number of imide groups is 1. The average molecular weight is 409 g/mol. The molecule has 1 aromatic carbocycles. The fourth-order valence-corrected chi connectivity index (χ4v) is 2.16. The number of esters is 1. The molecule has 8 heteroatoms. The van der Waals surface area contributed by atoms with Crippen LogP contribution in [0.5, 0.6) is 5.75 Å². The fourth-order valence-electron chi connectivity index (χ4n) is 2.16. The van der Waals surface area contributed by atoms with Gasteiger partial charge in [-0.25, -0.2) is 19.3 Å². The molecule has 1 rings (SSSR count). The predicted octanol–water partition coefficient (Wildman–Crippen LogP) is 4.30. The van der Waals surface area contributed by atoms with Crippen LogP contribution >= 0.6 is 0 Å². The van der Waals surface area contributed by atoms with Gasteiger partial charge in [-0.15, -0.1) is 0 Å². The van der Waals surface area contributed by atoms with E-state index in [9.17, 15) is 14.4 Å². The average Bonchev–Trinajstić information content (AvgIpc) is 2.55. The van der Waals surface area contributed by atoms with Crippen LogP contribution in [0.1, 0.15) is 54.0 Å². The third-order valence-electron chi connectivity index (χ3n) is 3.31. The van der Waals surface area contributed by atoms with Crippen molar-refractivity contribution in [2.75, 3.05) is 7.11 Å². The molecule has 1 aromatic rings. The summed E-state index contributed by atoms with van der Waals surface area (Å²) < 4.78 is 20.9. The molecule has 0 N–H and O–H groups in total. The van der Waals surface area contributed by atoms with E-state index in [-0.39, 0.29) is 6.54 Å². The first-order valence-electron chi connectivity index (χ1n) is 9.29. The van der Waals surface area contributed by atoms with Gasteiger partial charge in [-0.2, -0.15) is 0 Å². The third kappa shape index (κ3) is 8.85. The molecule has 0 unspecified atom stereocenters. The second-order valence-electron chi connectivity index (χ2n) is 8.48. The van der Waals surface area contributed by atoms with Gasteiger partial charge in [-0.3, -0.25) is 0 Å². The van der Waals surface area contributed by atoms with Crippen molar-refractivity contribution in [3.05, 3.63) is 29.8 Å². The monoisotopic (exact) mass is 409 g/mol. The Morgan fingerprint density at radius 3 is 1.93 bits per heavy atom. The van der Waals surface area contributed by atoms with Crippen molar-refractivity contribution in [1.82, 2.24) is 4.90 Å². The molecule has 0 fully saturated rings. The van der Waals surface area contributed by atoms with Gasteiger partial charge in [0.05, 0.1) is 13.7 Å². The van der Waals surface area contributed by atoms with Crippen molar-refractivity contribution >= 4 is 18.2 Å². The van der Waals surface area contributed by atoms with Gasteiger partial charge in [0, 0.05) is 0 Å². The highest BCUT2D eigenvalue weighted by atomic mass is 16.6. The van der Waals surface area contributed by atoms with Gasteiger partial charge in [0.2, 0.25) is 0 Å². The van der Waals surface area contributed by atoms with Gasteiger partial charge >= 0.3 is 18.2 Å². The van der Waals surface area contributed by atoms with E-state index in [0.717, 1.165) is 4.90 Å². The van der Waals surface area contributed by atoms with E-state index in [0.29, 0.717) is 11.3 Å². The number of amides is 2. The Morgan fingerprint density at radius 1 is 0.966 bits per heavy atom. The lowest BCUT2D eigenvalue weighted by molar-refractivity contribution is -0.147. The van der Waals surface area contributed by atoms with E-state index in [4.69, 9.17) is 14.2 Å². The molecule has 0 saturated carbocycles. The van der Waals surface area contributed by atoms with E-state index < -0.39 is 35.5 Å². The van der Waals surface area contributed by atoms with Crippen LogP contribution in [0, 0.1) is 0 Å². The summed E-state index contributed by atoms with van der Waals surface area (Å²) >= 11 is 0. The molecule has 0 radical (unpaired) electrons. The van der Waals surface area contributed by atoms with Crippen LogP contribution in [0.2, 0.25) is 0 Å². The van der Waals surface area contributed by atoms with Crippen molar-refractivity contribution in [2.24, 2.45) is 0 Å². The molecular weight excluding hydrogens is 378 g/mol. The van der Waals surface area contributed by atoms with Crippen LogP contribution < -0.4 is 4.74 Å². The zero-order valence-electron chi connectivity index (χ0n) is 18.4. The first-order chi connectivity index (χ1) is 13.2. The Labute approximate surface area is 172 Å². The summed E-state index contributed by atoms with van der Waals surface area (Å²) in [5.41, 5.74) is -0.965. The molecule has 0 aromatic heterocycles. The van der Waals surface area contributed by atoms with Crippen LogP contribution in [0.4, 0.5) is 9.59 Å². The molecule has 2 amide bonds.